The fourth-order valence-electron chi connectivity index (χ4n) is 2.98. The van der Waals surface area contributed by atoms with Crippen LogP contribution < -0.4 is 10.2 Å². The van der Waals surface area contributed by atoms with Crippen molar-refractivity contribution in [2.24, 2.45) is 5.92 Å². The predicted octanol–water partition coefficient (Wildman–Crippen LogP) is 2.93. The first-order valence-corrected chi connectivity index (χ1v) is 9.58. The summed E-state index contributed by atoms with van der Waals surface area (Å²) in [4.78, 5) is 42.4. The molecule has 0 spiro atoms. The molecule has 1 atom stereocenters. The van der Waals surface area contributed by atoms with E-state index < -0.39 is 11.9 Å². The van der Waals surface area contributed by atoms with E-state index in [0.29, 0.717) is 11.7 Å². The number of hydrogen-bond donors (Lipinski definition) is 1. The zero-order chi connectivity index (χ0) is 19.6. The molecule has 1 N–H and O–H groups in total. The Labute approximate surface area is 161 Å². The Hall–Kier alpha value is -2.74. The van der Waals surface area contributed by atoms with Crippen LogP contribution >= 0.6 is 11.3 Å². The molecule has 7 nitrogen and oxygen atoms in total. The van der Waals surface area contributed by atoms with Crippen molar-refractivity contribution in [1.82, 2.24) is 4.98 Å². The number of ether oxygens (including phenoxy) is 1. The van der Waals surface area contributed by atoms with Gasteiger partial charge in [-0.05, 0) is 38.0 Å². The Bertz CT molecular complexity index is 893. The lowest BCUT2D eigenvalue weighted by Gasteiger charge is -2.20. The molecule has 27 heavy (non-hydrogen) atoms. The summed E-state index contributed by atoms with van der Waals surface area (Å²) in [5.41, 5.74) is 3.14. The van der Waals surface area contributed by atoms with Gasteiger partial charge in [-0.15, -0.1) is 11.3 Å². The number of carbonyl (C=O) groups is 3. The average molecular weight is 387 g/mol. The first-order chi connectivity index (χ1) is 12.9. The summed E-state index contributed by atoms with van der Waals surface area (Å²) in [7, 11) is 0. The van der Waals surface area contributed by atoms with Crippen molar-refractivity contribution in [2.45, 2.75) is 27.2 Å². The summed E-state index contributed by atoms with van der Waals surface area (Å²) in [6, 6.07) is 5.80. The topological polar surface area (TPSA) is 88.6 Å². The third kappa shape index (κ3) is 4.00. The normalized spacial score (nSPS) is 16.5. The van der Waals surface area contributed by atoms with Crippen molar-refractivity contribution in [3.8, 4) is 0 Å². The van der Waals surface area contributed by atoms with Crippen molar-refractivity contribution in [3.05, 3.63) is 40.4 Å². The largest absolute Gasteiger partial charge is 0.461 e. The highest BCUT2D eigenvalue weighted by Gasteiger charge is 2.36. The monoisotopic (exact) mass is 387 g/mol. The van der Waals surface area contributed by atoms with Gasteiger partial charge in [0.15, 0.2) is 10.8 Å². The molecule has 2 heterocycles. The van der Waals surface area contributed by atoms with Gasteiger partial charge in [0, 0.05) is 24.0 Å². The SMILES string of the molecule is CCOC(=O)c1csc(NC(=O)[C@H]2CC(=O)N(c3cccc(C)c3C)C2)n1. The zero-order valence-electron chi connectivity index (χ0n) is 15.4. The van der Waals surface area contributed by atoms with E-state index in [1.165, 1.54) is 5.38 Å². The quantitative estimate of drug-likeness (QED) is 0.797. The summed E-state index contributed by atoms with van der Waals surface area (Å²) in [5, 5.41) is 4.56. The molecule has 8 heteroatoms. The molecule has 0 aliphatic carbocycles. The van der Waals surface area contributed by atoms with Gasteiger partial charge in [-0.2, -0.15) is 0 Å². The number of amides is 2. The van der Waals surface area contributed by atoms with Gasteiger partial charge in [0.1, 0.15) is 0 Å². The van der Waals surface area contributed by atoms with Gasteiger partial charge < -0.3 is 15.0 Å². The number of nitrogens with one attached hydrogen (secondary N) is 1. The first-order valence-electron chi connectivity index (χ1n) is 8.70. The van der Waals surface area contributed by atoms with E-state index in [2.05, 4.69) is 10.3 Å². The molecule has 1 saturated heterocycles. The van der Waals surface area contributed by atoms with E-state index >= 15 is 0 Å². The highest BCUT2D eigenvalue weighted by atomic mass is 32.1. The van der Waals surface area contributed by atoms with E-state index in [1.807, 2.05) is 32.0 Å². The molecule has 1 aliphatic heterocycles. The number of benzene rings is 1. The van der Waals surface area contributed by atoms with Crippen LogP contribution in [0.2, 0.25) is 0 Å². The van der Waals surface area contributed by atoms with Gasteiger partial charge in [0.05, 0.1) is 12.5 Å². The number of rotatable bonds is 5. The number of nitrogens with zero attached hydrogens (tertiary/aromatic N) is 2. The summed E-state index contributed by atoms with van der Waals surface area (Å²) in [5.74, 6) is -1.34. The minimum Gasteiger partial charge on any atom is -0.461 e. The third-order valence-corrected chi connectivity index (χ3v) is 5.34. The van der Waals surface area contributed by atoms with Crippen LogP contribution in [0.5, 0.6) is 0 Å². The molecule has 2 aromatic rings. The Balaban J connectivity index is 1.67. The smallest absolute Gasteiger partial charge is 0.357 e. The molecule has 1 aromatic heterocycles. The van der Waals surface area contributed by atoms with Crippen LogP contribution in [0.15, 0.2) is 23.6 Å². The van der Waals surface area contributed by atoms with Crippen molar-refractivity contribution < 1.29 is 19.1 Å². The number of hydrogen-bond acceptors (Lipinski definition) is 6. The van der Waals surface area contributed by atoms with Gasteiger partial charge in [-0.3, -0.25) is 9.59 Å². The molecule has 3 rings (SSSR count). The molecular formula is C19H21N3O4S. The molecule has 1 aliphatic rings. The van der Waals surface area contributed by atoms with Gasteiger partial charge in [0.2, 0.25) is 11.8 Å². The number of aryl methyl sites for hydroxylation is 1. The number of thiazole rings is 1. The molecule has 0 bridgehead atoms. The van der Waals surface area contributed by atoms with Crippen molar-refractivity contribution in [1.29, 1.82) is 0 Å². The fraction of sp³-hybridized carbons (Fsp3) is 0.368. The second kappa shape index (κ2) is 7.87. The van der Waals surface area contributed by atoms with Crippen LogP contribution in [-0.2, 0) is 14.3 Å². The molecule has 0 saturated carbocycles. The third-order valence-electron chi connectivity index (χ3n) is 4.58. The van der Waals surface area contributed by atoms with Crippen LogP contribution in [0.25, 0.3) is 0 Å². The van der Waals surface area contributed by atoms with Crippen LogP contribution in [-0.4, -0.2) is 35.9 Å². The lowest BCUT2D eigenvalue weighted by Crippen LogP contribution is -2.28. The number of esters is 1. The second-order valence-corrected chi connectivity index (χ2v) is 7.23. The van der Waals surface area contributed by atoms with Gasteiger partial charge in [-0.25, -0.2) is 9.78 Å². The lowest BCUT2D eigenvalue weighted by atomic mass is 10.1. The van der Waals surface area contributed by atoms with Crippen molar-refractivity contribution >= 4 is 39.9 Å². The van der Waals surface area contributed by atoms with E-state index in [0.717, 1.165) is 28.2 Å². The zero-order valence-corrected chi connectivity index (χ0v) is 16.3. The molecule has 142 valence electrons. The van der Waals surface area contributed by atoms with Crippen LogP contribution in [0.3, 0.4) is 0 Å². The van der Waals surface area contributed by atoms with Crippen LogP contribution in [0, 0.1) is 19.8 Å². The highest BCUT2D eigenvalue weighted by molar-refractivity contribution is 7.14. The maximum Gasteiger partial charge on any atom is 0.357 e. The Morgan fingerprint density at radius 3 is 2.89 bits per heavy atom. The average Bonchev–Trinajstić information content (AvgIpc) is 3.24. The van der Waals surface area contributed by atoms with Crippen molar-refractivity contribution in [3.63, 3.8) is 0 Å². The minimum atomic E-state index is -0.522. The standard InChI is InChI=1S/C19H21N3O4S/c1-4-26-18(25)14-10-27-19(20-14)21-17(24)13-8-16(23)22(9-13)15-7-5-6-11(2)12(15)3/h5-7,10,13H,4,8-9H2,1-3H3,(H,20,21,24)/t13-/m0/s1. The Kier molecular flexibility index (Phi) is 5.55. The highest BCUT2D eigenvalue weighted by Crippen LogP contribution is 2.30. The minimum absolute atomic E-state index is 0.0739. The fourth-order valence-corrected chi connectivity index (χ4v) is 3.66. The summed E-state index contributed by atoms with van der Waals surface area (Å²) >= 11 is 1.15. The summed E-state index contributed by atoms with van der Waals surface area (Å²) < 4.78 is 4.89. The molecule has 1 fully saturated rings. The maximum absolute atomic E-state index is 12.6. The van der Waals surface area contributed by atoms with Gasteiger partial charge in [0.25, 0.3) is 0 Å². The second-order valence-electron chi connectivity index (χ2n) is 6.37. The number of carbonyl (C=O) groups excluding carboxylic acids is 3. The molecule has 0 radical (unpaired) electrons. The van der Waals surface area contributed by atoms with Crippen LogP contribution in [0.1, 0.15) is 35.0 Å². The Morgan fingerprint density at radius 2 is 2.15 bits per heavy atom. The predicted molar refractivity (Wildman–Crippen MR) is 103 cm³/mol. The van der Waals surface area contributed by atoms with E-state index in [9.17, 15) is 14.4 Å². The molecule has 2 amide bonds. The maximum atomic E-state index is 12.6. The number of aromatic nitrogens is 1. The van der Waals surface area contributed by atoms with Crippen LogP contribution in [0.4, 0.5) is 10.8 Å². The lowest BCUT2D eigenvalue weighted by molar-refractivity contribution is -0.122. The summed E-state index contributed by atoms with van der Waals surface area (Å²) in [6.45, 7) is 6.26. The molecule has 0 unspecified atom stereocenters. The number of anilines is 2. The molecule has 1 aromatic carbocycles. The van der Waals surface area contributed by atoms with Gasteiger partial charge >= 0.3 is 5.97 Å². The Morgan fingerprint density at radius 1 is 1.37 bits per heavy atom. The van der Waals surface area contributed by atoms with Crippen molar-refractivity contribution in [2.75, 3.05) is 23.4 Å². The van der Waals surface area contributed by atoms with E-state index in [-0.39, 0.29) is 30.5 Å². The van der Waals surface area contributed by atoms with Gasteiger partial charge in [-0.1, -0.05) is 12.1 Å². The molecular weight excluding hydrogens is 366 g/mol. The van der Waals surface area contributed by atoms with E-state index in [1.54, 1.807) is 11.8 Å². The van der Waals surface area contributed by atoms with E-state index in [4.69, 9.17) is 4.74 Å². The summed E-state index contributed by atoms with van der Waals surface area (Å²) in [6.07, 6.45) is 0.148. The first kappa shape index (κ1) is 19.0.